The van der Waals surface area contributed by atoms with Crippen molar-refractivity contribution in [2.24, 2.45) is 0 Å². The average Bonchev–Trinajstić information content (AvgIpc) is 3.03. The van der Waals surface area contributed by atoms with Crippen molar-refractivity contribution in [2.75, 3.05) is 31.8 Å². The Hall–Kier alpha value is -1.83. The van der Waals surface area contributed by atoms with Crippen molar-refractivity contribution in [1.29, 1.82) is 0 Å². The van der Waals surface area contributed by atoms with Gasteiger partial charge < -0.3 is 10.1 Å². The van der Waals surface area contributed by atoms with Gasteiger partial charge in [0.05, 0.1) is 18.2 Å². The Morgan fingerprint density at radius 3 is 2.81 bits per heavy atom. The maximum Gasteiger partial charge on any atom is 0.341 e. The van der Waals surface area contributed by atoms with E-state index in [-0.39, 0.29) is 11.9 Å². The average molecular weight is 391 g/mol. The number of fused-ring (bicyclic) bond motifs is 1. The van der Waals surface area contributed by atoms with E-state index in [2.05, 4.69) is 17.1 Å². The summed E-state index contributed by atoms with van der Waals surface area (Å²) in [6.07, 6.45) is 2.73. The fourth-order valence-corrected chi connectivity index (χ4v) is 5.00. The second kappa shape index (κ2) is 8.24. The molecular weight excluding hydrogens is 368 g/mol. The molecule has 26 heavy (non-hydrogen) atoms. The number of methoxy groups -OCH3 is 1. The molecule has 0 aliphatic carbocycles. The summed E-state index contributed by atoms with van der Waals surface area (Å²) in [5.41, 5.74) is 2.13. The van der Waals surface area contributed by atoms with Gasteiger partial charge in [-0.05, 0) is 36.9 Å². The van der Waals surface area contributed by atoms with Crippen molar-refractivity contribution in [1.82, 2.24) is 4.90 Å². The Balaban J connectivity index is 1.95. The molecule has 0 bridgehead atoms. The van der Waals surface area contributed by atoms with Crippen LogP contribution < -0.4 is 5.32 Å². The van der Waals surface area contributed by atoms with E-state index in [1.165, 1.54) is 30.2 Å². The van der Waals surface area contributed by atoms with Crippen LogP contribution in [0.4, 0.5) is 5.00 Å². The Morgan fingerprint density at radius 1 is 1.35 bits per heavy atom. The van der Waals surface area contributed by atoms with Crippen LogP contribution in [0.1, 0.15) is 38.1 Å². The summed E-state index contributed by atoms with van der Waals surface area (Å²) in [6, 6.07) is 7.46. The van der Waals surface area contributed by atoms with Crippen LogP contribution in [0, 0.1) is 0 Å². The molecule has 1 aromatic carbocycles. The largest absolute Gasteiger partial charge is 0.465 e. The number of thiophene rings is 1. The number of hydrogen-bond acceptors (Lipinski definition) is 6. The number of carbonyl (C=O) groups is 2. The second-order valence-corrected chi connectivity index (χ2v) is 7.93. The molecule has 0 atom stereocenters. The Kier molecular flexibility index (Phi) is 6.01. The first-order valence-corrected chi connectivity index (χ1v) is 10.5. The van der Waals surface area contributed by atoms with Crippen molar-refractivity contribution in [2.45, 2.75) is 24.8 Å². The molecule has 1 aromatic heterocycles. The number of anilines is 1. The smallest absolute Gasteiger partial charge is 0.341 e. The minimum atomic E-state index is -0.388. The molecule has 1 N–H and O–H groups in total. The Labute approximate surface area is 161 Å². The molecule has 1 aliphatic heterocycles. The highest BCUT2D eigenvalue weighted by Crippen LogP contribution is 2.38. The SMILES string of the molecule is CCN1CCc2c(sc(NC(=O)c3ccccc3SC)c2C(=O)OC)C1. The summed E-state index contributed by atoms with van der Waals surface area (Å²) >= 11 is 3.00. The van der Waals surface area contributed by atoms with Gasteiger partial charge in [-0.3, -0.25) is 9.69 Å². The van der Waals surface area contributed by atoms with E-state index in [1.807, 2.05) is 24.5 Å². The van der Waals surface area contributed by atoms with Gasteiger partial charge in [0.1, 0.15) is 5.00 Å². The molecular formula is C19H22N2O3S2. The summed E-state index contributed by atoms with van der Waals surface area (Å²) in [5.74, 6) is -0.591. The highest BCUT2D eigenvalue weighted by atomic mass is 32.2. The number of ether oxygens (including phenoxy) is 1. The minimum Gasteiger partial charge on any atom is -0.465 e. The summed E-state index contributed by atoms with van der Waals surface area (Å²) in [7, 11) is 1.38. The van der Waals surface area contributed by atoms with E-state index in [4.69, 9.17) is 4.74 Å². The first-order chi connectivity index (χ1) is 12.6. The monoisotopic (exact) mass is 390 g/mol. The molecule has 2 aromatic rings. The van der Waals surface area contributed by atoms with Gasteiger partial charge >= 0.3 is 5.97 Å². The van der Waals surface area contributed by atoms with E-state index in [1.54, 1.807) is 6.07 Å². The molecule has 0 fully saturated rings. The van der Waals surface area contributed by atoms with Gasteiger partial charge in [-0.15, -0.1) is 23.1 Å². The number of rotatable bonds is 5. The number of thioether (sulfide) groups is 1. The predicted molar refractivity (Wildman–Crippen MR) is 106 cm³/mol. The first-order valence-electron chi connectivity index (χ1n) is 8.48. The molecule has 5 nitrogen and oxygen atoms in total. The summed E-state index contributed by atoms with van der Waals surface area (Å²) < 4.78 is 4.99. The normalized spacial score (nSPS) is 14.0. The molecule has 2 heterocycles. The number of hydrogen-bond donors (Lipinski definition) is 1. The van der Waals surface area contributed by atoms with Crippen LogP contribution in [0.25, 0.3) is 0 Å². The third-order valence-corrected chi connectivity index (χ3v) is 6.48. The number of likely N-dealkylation sites (N-methyl/N-ethyl adjacent to an activating group) is 1. The Bertz CT molecular complexity index is 832. The van der Waals surface area contributed by atoms with Crippen LogP contribution in [0.3, 0.4) is 0 Å². The van der Waals surface area contributed by atoms with Gasteiger partial charge in [0.15, 0.2) is 0 Å². The summed E-state index contributed by atoms with van der Waals surface area (Å²) in [5, 5.41) is 3.54. The molecule has 138 valence electrons. The van der Waals surface area contributed by atoms with E-state index >= 15 is 0 Å². The van der Waals surface area contributed by atoms with Crippen LogP contribution in [-0.2, 0) is 17.7 Å². The molecule has 1 aliphatic rings. The molecule has 0 spiro atoms. The Morgan fingerprint density at radius 2 is 2.12 bits per heavy atom. The van der Waals surface area contributed by atoms with Crippen LogP contribution >= 0.6 is 23.1 Å². The number of nitrogens with one attached hydrogen (secondary N) is 1. The maximum absolute atomic E-state index is 12.8. The lowest BCUT2D eigenvalue weighted by Gasteiger charge is -2.25. The van der Waals surface area contributed by atoms with Crippen LogP contribution in [0.15, 0.2) is 29.2 Å². The van der Waals surface area contributed by atoms with Gasteiger partial charge in [0, 0.05) is 22.9 Å². The summed E-state index contributed by atoms with van der Waals surface area (Å²) in [6.45, 7) is 4.81. The maximum atomic E-state index is 12.8. The van der Waals surface area contributed by atoms with Gasteiger partial charge in [-0.2, -0.15) is 0 Å². The quantitative estimate of drug-likeness (QED) is 0.620. The molecule has 0 radical (unpaired) electrons. The first kappa shape index (κ1) is 18.9. The van der Waals surface area contributed by atoms with Gasteiger partial charge in [0.2, 0.25) is 0 Å². The highest BCUT2D eigenvalue weighted by molar-refractivity contribution is 7.98. The number of carbonyl (C=O) groups excluding carboxylic acids is 2. The predicted octanol–water partition coefficient (Wildman–Crippen LogP) is 3.89. The van der Waals surface area contributed by atoms with Crippen LogP contribution in [-0.4, -0.2) is 43.2 Å². The third kappa shape index (κ3) is 3.65. The van der Waals surface area contributed by atoms with Crippen LogP contribution in [0.2, 0.25) is 0 Å². The lowest BCUT2D eigenvalue weighted by molar-refractivity contribution is 0.0600. The minimum absolute atomic E-state index is 0.203. The number of amides is 1. The van der Waals surface area contributed by atoms with Crippen LogP contribution in [0.5, 0.6) is 0 Å². The molecule has 7 heteroatoms. The zero-order valence-corrected chi connectivity index (χ0v) is 16.8. The van der Waals surface area contributed by atoms with Crippen molar-refractivity contribution in [3.63, 3.8) is 0 Å². The molecule has 3 rings (SSSR count). The number of nitrogens with zero attached hydrogens (tertiary/aromatic N) is 1. The molecule has 0 saturated carbocycles. The summed E-state index contributed by atoms with van der Waals surface area (Å²) in [4.78, 5) is 29.5. The van der Waals surface area contributed by atoms with Crippen molar-refractivity contribution in [3.05, 3.63) is 45.8 Å². The fraction of sp³-hybridized carbons (Fsp3) is 0.368. The van der Waals surface area contributed by atoms with Gasteiger partial charge in [-0.1, -0.05) is 19.1 Å². The highest BCUT2D eigenvalue weighted by Gasteiger charge is 2.29. The zero-order chi connectivity index (χ0) is 18.7. The molecule has 0 saturated heterocycles. The fourth-order valence-electron chi connectivity index (χ4n) is 3.14. The molecule has 1 amide bonds. The lowest BCUT2D eigenvalue weighted by atomic mass is 10.0. The second-order valence-electron chi connectivity index (χ2n) is 5.97. The lowest BCUT2D eigenvalue weighted by Crippen LogP contribution is -2.29. The van der Waals surface area contributed by atoms with Crippen molar-refractivity contribution >= 4 is 40.0 Å². The standard InChI is InChI=1S/C19H22N2O3S2/c1-4-21-10-9-12-15(11-21)26-18(16(12)19(23)24-2)20-17(22)13-7-5-6-8-14(13)25-3/h5-8H,4,9-11H2,1-3H3,(H,20,22). The van der Waals surface area contributed by atoms with Crippen molar-refractivity contribution in [3.8, 4) is 0 Å². The third-order valence-electron chi connectivity index (χ3n) is 4.55. The van der Waals surface area contributed by atoms with Gasteiger partial charge in [0.25, 0.3) is 5.91 Å². The number of benzene rings is 1. The van der Waals surface area contributed by atoms with Gasteiger partial charge in [-0.25, -0.2) is 4.79 Å². The van der Waals surface area contributed by atoms with E-state index in [0.717, 1.165) is 41.4 Å². The van der Waals surface area contributed by atoms with E-state index < -0.39 is 0 Å². The zero-order valence-electron chi connectivity index (χ0n) is 15.1. The number of esters is 1. The topological polar surface area (TPSA) is 58.6 Å². The molecule has 0 unspecified atom stereocenters. The van der Waals surface area contributed by atoms with E-state index in [0.29, 0.717) is 16.1 Å². The van der Waals surface area contributed by atoms with E-state index in [9.17, 15) is 9.59 Å². The van der Waals surface area contributed by atoms with Crippen molar-refractivity contribution < 1.29 is 14.3 Å².